The van der Waals surface area contributed by atoms with Gasteiger partial charge in [-0.2, -0.15) is 0 Å². The molecule has 0 aromatic heterocycles. The average molecular weight is 328 g/mol. The number of methoxy groups -OCH3 is 1. The van der Waals surface area contributed by atoms with Gasteiger partial charge >= 0.3 is 5.97 Å². The predicted molar refractivity (Wildman–Crippen MR) is 89.8 cm³/mol. The number of carbonyl (C=O) groups excluding carboxylic acids is 1. The summed E-state index contributed by atoms with van der Waals surface area (Å²) in [4.78, 5) is 11.7. The number of esters is 1. The normalized spacial score (nSPS) is 11.0. The Labute approximate surface area is 141 Å². The van der Waals surface area contributed by atoms with Crippen molar-refractivity contribution < 1.29 is 24.1 Å². The van der Waals surface area contributed by atoms with Crippen LogP contribution in [-0.2, 0) is 16.1 Å². The Hall–Kier alpha value is -2.79. The minimum atomic E-state index is -0.654. The molecule has 0 saturated heterocycles. The van der Waals surface area contributed by atoms with E-state index in [0.717, 1.165) is 11.1 Å². The molecule has 0 fully saturated rings. The second-order valence-electron chi connectivity index (χ2n) is 5.05. The fourth-order valence-corrected chi connectivity index (χ4v) is 1.99. The van der Waals surface area contributed by atoms with Crippen LogP contribution in [0.25, 0.3) is 0 Å². The zero-order chi connectivity index (χ0) is 17.4. The van der Waals surface area contributed by atoms with Crippen LogP contribution in [0, 0.1) is 6.92 Å². The van der Waals surface area contributed by atoms with Crippen molar-refractivity contribution in [2.75, 3.05) is 13.7 Å². The highest BCUT2D eigenvalue weighted by molar-refractivity contribution is 5.86. The molecule has 0 aliphatic heterocycles. The highest BCUT2D eigenvalue weighted by Gasteiger charge is 2.14. The van der Waals surface area contributed by atoms with Gasteiger partial charge in [0.2, 0.25) is 5.76 Å². The summed E-state index contributed by atoms with van der Waals surface area (Å²) in [6.45, 7) is 1.96. The number of ether oxygens (including phenoxy) is 3. The molecule has 0 heterocycles. The molecule has 0 unspecified atom stereocenters. The fraction of sp³-hybridized carbons (Fsp3) is 0.211. The van der Waals surface area contributed by atoms with Crippen LogP contribution in [0.1, 0.15) is 11.1 Å². The molecule has 5 heteroatoms. The molecule has 0 atom stereocenters. The number of rotatable bonds is 7. The molecular formula is C19H20O5. The van der Waals surface area contributed by atoms with Crippen molar-refractivity contribution in [3.8, 4) is 11.5 Å². The topological polar surface area (TPSA) is 65.0 Å². The van der Waals surface area contributed by atoms with E-state index in [0.29, 0.717) is 18.1 Å². The van der Waals surface area contributed by atoms with Gasteiger partial charge in [-0.25, -0.2) is 4.79 Å². The van der Waals surface area contributed by atoms with Gasteiger partial charge in [0.15, 0.2) is 0 Å². The van der Waals surface area contributed by atoms with Gasteiger partial charge in [-0.15, -0.1) is 0 Å². The molecular weight excluding hydrogens is 308 g/mol. The Morgan fingerprint density at radius 1 is 1.17 bits per heavy atom. The minimum absolute atomic E-state index is 0.0664. The minimum Gasteiger partial charge on any atom is -0.489 e. The van der Waals surface area contributed by atoms with E-state index in [4.69, 9.17) is 14.6 Å². The number of hydrogen-bond donors (Lipinski definition) is 1. The van der Waals surface area contributed by atoms with E-state index in [1.54, 1.807) is 6.07 Å². The van der Waals surface area contributed by atoms with Gasteiger partial charge in [0.1, 0.15) is 18.1 Å². The first-order valence-corrected chi connectivity index (χ1v) is 7.48. The van der Waals surface area contributed by atoms with Gasteiger partial charge in [0.05, 0.1) is 13.7 Å². The molecule has 0 aliphatic carbocycles. The molecule has 1 N–H and O–H groups in total. The summed E-state index contributed by atoms with van der Waals surface area (Å²) in [6.07, 6.45) is 1.25. The summed E-state index contributed by atoms with van der Waals surface area (Å²) >= 11 is 0. The monoisotopic (exact) mass is 328 g/mol. The molecule has 0 bridgehead atoms. The quantitative estimate of drug-likeness (QED) is 0.481. The maximum atomic E-state index is 11.7. The van der Waals surface area contributed by atoms with E-state index >= 15 is 0 Å². The molecule has 0 amide bonds. The first-order valence-electron chi connectivity index (χ1n) is 7.48. The highest BCUT2D eigenvalue weighted by Crippen LogP contribution is 2.26. The van der Waals surface area contributed by atoms with E-state index in [2.05, 4.69) is 4.74 Å². The number of benzene rings is 2. The summed E-state index contributed by atoms with van der Waals surface area (Å²) in [5.74, 6) is 0.362. The van der Waals surface area contributed by atoms with Crippen molar-refractivity contribution in [1.82, 2.24) is 0 Å². The molecule has 2 rings (SSSR count). The summed E-state index contributed by atoms with van der Waals surface area (Å²) in [6, 6.07) is 15.2. The Kier molecular flexibility index (Phi) is 6.40. The number of aryl methyl sites for hydroxylation is 1. The second kappa shape index (κ2) is 8.74. The van der Waals surface area contributed by atoms with Crippen LogP contribution in [-0.4, -0.2) is 24.8 Å². The molecule has 2 aromatic carbocycles. The Balaban J connectivity index is 2.13. The summed E-state index contributed by atoms with van der Waals surface area (Å²) in [5, 5.41) is 9.00. The third-order valence-electron chi connectivity index (χ3n) is 3.29. The summed E-state index contributed by atoms with van der Waals surface area (Å²) in [5.41, 5.74) is 1.88. The van der Waals surface area contributed by atoms with E-state index in [9.17, 15) is 4.79 Å². The van der Waals surface area contributed by atoms with Gasteiger partial charge < -0.3 is 19.3 Å². The van der Waals surface area contributed by atoms with E-state index < -0.39 is 5.97 Å². The van der Waals surface area contributed by atoms with Crippen molar-refractivity contribution in [2.24, 2.45) is 0 Å². The summed E-state index contributed by atoms with van der Waals surface area (Å²) in [7, 11) is 1.25. The van der Waals surface area contributed by atoms with Crippen molar-refractivity contribution in [3.05, 3.63) is 71.5 Å². The molecule has 0 saturated carbocycles. The number of hydrogen-bond acceptors (Lipinski definition) is 5. The first kappa shape index (κ1) is 17.6. The maximum Gasteiger partial charge on any atom is 0.373 e. The Bertz CT molecular complexity index is 707. The lowest BCUT2D eigenvalue weighted by Gasteiger charge is -2.13. The van der Waals surface area contributed by atoms with Gasteiger partial charge in [-0.1, -0.05) is 36.4 Å². The predicted octanol–water partition coefficient (Wildman–Crippen LogP) is 3.00. The molecule has 0 aliphatic rings. The number of aliphatic hydroxyl groups excluding tert-OH is 1. The molecule has 5 nitrogen and oxygen atoms in total. The third-order valence-corrected chi connectivity index (χ3v) is 3.29. The van der Waals surface area contributed by atoms with Crippen LogP contribution in [0.3, 0.4) is 0 Å². The van der Waals surface area contributed by atoms with Gasteiger partial charge in [0.25, 0.3) is 0 Å². The van der Waals surface area contributed by atoms with Gasteiger partial charge in [-0.05, 0) is 30.2 Å². The standard InChI is InChI=1S/C19H20O5/c1-14-8-9-16(23-13-15-6-4-3-5-7-15)12-18(14)24-17(10-11-20)19(21)22-2/h3-10,12,20H,11,13H2,1-2H3/b17-10-. The van der Waals surface area contributed by atoms with Crippen LogP contribution in [0.5, 0.6) is 11.5 Å². The Morgan fingerprint density at radius 3 is 2.58 bits per heavy atom. The smallest absolute Gasteiger partial charge is 0.373 e. The third kappa shape index (κ3) is 4.86. The molecule has 0 spiro atoms. The Morgan fingerprint density at radius 2 is 1.92 bits per heavy atom. The van der Waals surface area contributed by atoms with E-state index in [1.807, 2.05) is 49.4 Å². The number of aliphatic hydroxyl groups is 1. The van der Waals surface area contributed by atoms with Crippen LogP contribution in [0.15, 0.2) is 60.4 Å². The van der Waals surface area contributed by atoms with Gasteiger partial charge in [-0.3, -0.25) is 0 Å². The SMILES string of the molecule is COC(=O)/C(=C/CO)Oc1cc(OCc2ccccc2)ccc1C. The van der Waals surface area contributed by atoms with E-state index in [-0.39, 0.29) is 12.4 Å². The van der Waals surface area contributed by atoms with Crippen molar-refractivity contribution in [3.63, 3.8) is 0 Å². The summed E-state index contributed by atoms with van der Waals surface area (Å²) < 4.78 is 16.0. The van der Waals surface area contributed by atoms with Crippen LogP contribution in [0.2, 0.25) is 0 Å². The second-order valence-corrected chi connectivity index (χ2v) is 5.05. The van der Waals surface area contributed by atoms with Crippen molar-refractivity contribution in [1.29, 1.82) is 0 Å². The van der Waals surface area contributed by atoms with Gasteiger partial charge in [0, 0.05) is 6.07 Å². The zero-order valence-corrected chi connectivity index (χ0v) is 13.7. The number of carbonyl (C=O) groups is 1. The first-order chi connectivity index (χ1) is 11.6. The van der Waals surface area contributed by atoms with E-state index in [1.165, 1.54) is 13.2 Å². The largest absolute Gasteiger partial charge is 0.489 e. The van der Waals surface area contributed by atoms with Crippen LogP contribution < -0.4 is 9.47 Å². The lowest BCUT2D eigenvalue weighted by atomic mass is 10.2. The maximum absolute atomic E-state index is 11.7. The van der Waals surface area contributed by atoms with Crippen LogP contribution in [0.4, 0.5) is 0 Å². The highest BCUT2D eigenvalue weighted by atomic mass is 16.6. The molecule has 0 radical (unpaired) electrons. The average Bonchev–Trinajstić information content (AvgIpc) is 2.62. The molecule has 24 heavy (non-hydrogen) atoms. The van der Waals surface area contributed by atoms with Crippen molar-refractivity contribution in [2.45, 2.75) is 13.5 Å². The van der Waals surface area contributed by atoms with Crippen molar-refractivity contribution >= 4 is 5.97 Å². The molecule has 126 valence electrons. The van der Waals surface area contributed by atoms with Crippen LogP contribution >= 0.6 is 0 Å². The zero-order valence-electron chi connectivity index (χ0n) is 13.7. The fourth-order valence-electron chi connectivity index (χ4n) is 1.99. The lowest BCUT2D eigenvalue weighted by molar-refractivity contribution is -0.138. The lowest BCUT2D eigenvalue weighted by Crippen LogP contribution is -2.12. The molecule has 2 aromatic rings.